The van der Waals surface area contributed by atoms with E-state index in [4.69, 9.17) is 0 Å². The van der Waals surface area contributed by atoms with Crippen molar-refractivity contribution >= 4 is 55.8 Å². The molecule has 0 fully saturated rings. The number of hydrogen-bond donors (Lipinski definition) is 1. The van der Waals surface area contributed by atoms with E-state index in [1.54, 1.807) is 34.9 Å². The van der Waals surface area contributed by atoms with E-state index in [1.807, 2.05) is 0 Å². The molecule has 1 aromatic carbocycles. The summed E-state index contributed by atoms with van der Waals surface area (Å²) in [5.74, 6) is 0. The smallest absolute Gasteiger partial charge is 0.168 e. The number of aliphatic imine (C=N–C) groups is 1. The lowest BCUT2D eigenvalue weighted by Crippen LogP contribution is -2.19. The second kappa shape index (κ2) is 5.35. The molecule has 0 saturated carbocycles. The number of nitrogens with zero attached hydrogens (tertiary/aromatic N) is 2. The van der Waals surface area contributed by atoms with E-state index in [0.29, 0.717) is 0 Å². The highest BCUT2D eigenvalue weighted by atomic mass is 32.2. The highest BCUT2D eigenvalue weighted by Crippen LogP contribution is 2.44. The summed E-state index contributed by atoms with van der Waals surface area (Å²) in [6.45, 7) is 1.86. The Morgan fingerprint density at radius 3 is 3.10 bits per heavy atom. The lowest BCUT2D eigenvalue weighted by atomic mass is 10.2. The molecule has 0 atom stereocenters. The average Bonchev–Trinajstić information content (AvgIpc) is 3.18. The van der Waals surface area contributed by atoms with Gasteiger partial charge in [-0.05, 0) is 29.8 Å². The number of fused-ring (bicyclic) bond motifs is 2. The molecule has 108 valence electrons. The number of benzene rings is 1. The minimum Gasteiger partial charge on any atom is -0.391 e. The van der Waals surface area contributed by atoms with E-state index in [2.05, 4.69) is 40.4 Å². The summed E-state index contributed by atoms with van der Waals surface area (Å²) in [4.78, 5) is 10.3. The first-order valence-electron chi connectivity index (χ1n) is 6.72. The van der Waals surface area contributed by atoms with E-state index in [-0.39, 0.29) is 6.61 Å². The van der Waals surface area contributed by atoms with Crippen LogP contribution in [0.3, 0.4) is 0 Å². The fraction of sp³-hybridized carbons (Fsp3) is 0.267. The Balaban J connectivity index is 1.83. The molecular formula is C15H14N2OS3. The van der Waals surface area contributed by atoms with Gasteiger partial charge in [0.1, 0.15) is 0 Å². The van der Waals surface area contributed by atoms with Gasteiger partial charge < -0.3 is 10.0 Å². The van der Waals surface area contributed by atoms with Gasteiger partial charge in [-0.3, -0.25) is 4.99 Å². The molecule has 3 nitrogen and oxygen atoms in total. The molecule has 1 aromatic heterocycles. The zero-order chi connectivity index (χ0) is 14.4. The molecule has 0 saturated heterocycles. The summed E-state index contributed by atoms with van der Waals surface area (Å²) in [5, 5.41) is 12.0. The molecule has 2 aliphatic heterocycles. The Kier molecular flexibility index (Phi) is 3.49. The maximum absolute atomic E-state index is 9.65. The molecule has 6 heteroatoms. The van der Waals surface area contributed by atoms with E-state index in [0.717, 1.165) is 28.9 Å². The SMILES string of the molecule is CSc1ccc2cc(C3=C(CO)SC4=NCCN43)sc2c1. The zero-order valence-electron chi connectivity index (χ0n) is 11.5. The minimum atomic E-state index is 0.0832. The lowest BCUT2D eigenvalue weighted by Gasteiger charge is -2.15. The van der Waals surface area contributed by atoms with Gasteiger partial charge >= 0.3 is 0 Å². The number of amidine groups is 1. The average molecular weight is 334 g/mol. The molecule has 1 N–H and O–H groups in total. The van der Waals surface area contributed by atoms with Crippen molar-refractivity contribution in [1.82, 2.24) is 4.90 Å². The predicted molar refractivity (Wildman–Crippen MR) is 94.2 cm³/mol. The van der Waals surface area contributed by atoms with Gasteiger partial charge in [0.05, 0.1) is 23.7 Å². The molecule has 3 heterocycles. The van der Waals surface area contributed by atoms with Gasteiger partial charge in [-0.25, -0.2) is 0 Å². The van der Waals surface area contributed by atoms with Gasteiger partial charge in [0.15, 0.2) is 5.17 Å². The van der Waals surface area contributed by atoms with E-state index in [9.17, 15) is 5.11 Å². The second-order valence-corrected chi connectivity index (χ2v) is 7.89. The first-order chi connectivity index (χ1) is 10.3. The number of thioether (sulfide) groups is 2. The first kappa shape index (κ1) is 13.7. The summed E-state index contributed by atoms with van der Waals surface area (Å²) in [7, 11) is 0. The summed E-state index contributed by atoms with van der Waals surface area (Å²) in [5.41, 5.74) is 1.16. The molecule has 21 heavy (non-hydrogen) atoms. The van der Waals surface area contributed by atoms with Crippen LogP contribution >= 0.6 is 34.9 Å². The lowest BCUT2D eigenvalue weighted by molar-refractivity contribution is 0.339. The van der Waals surface area contributed by atoms with Crippen molar-refractivity contribution in [2.24, 2.45) is 4.99 Å². The maximum Gasteiger partial charge on any atom is 0.168 e. The summed E-state index contributed by atoms with van der Waals surface area (Å²) < 4.78 is 1.30. The van der Waals surface area contributed by atoms with Gasteiger partial charge in [-0.2, -0.15) is 0 Å². The second-order valence-electron chi connectivity index (χ2n) is 4.86. The molecule has 4 rings (SSSR count). The van der Waals surface area contributed by atoms with Crippen LogP contribution < -0.4 is 0 Å². The van der Waals surface area contributed by atoms with Crippen molar-refractivity contribution in [2.45, 2.75) is 4.90 Å². The Morgan fingerprint density at radius 1 is 1.38 bits per heavy atom. The van der Waals surface area contributed by atoms with Crippen LogP contribution in [0.2, 0.25) is 0 Å². The largest absolute Gasteiger partial charge is 0.391 e. The maximum atomic E-state index is 9.65. The summed E-state index contributed by atoms with van der Waals surface area (Å²) >= 11 is 5.18. The predicted octanol–water partition coefficient (Wildman–Crippen LogP) is 3.70. The van der Waals surface area contributed by atoms with Crippen molar-refractivity contribution in [2.75, 3.05) is 26.0 Å². The third kappa shape index (κ3) is 2.21. The molecule has 0 bridgehead atoms. The topological polar surface area (TPSA) is 35.8 Å². The van der Waals surface area contributed by atoms with Gasteiger partial charge in [0.25, 0.3) is 0 Å². The van der Waals surface area contributed by atoms with Crippen molar-refractivity contribution in [3.8, 4) is 0 Å². The molecule has 2 aromatic rings. The highest BCUT2D eigenvalue weighted by molar-refractivity contribution is 8.17. The van der Waals surface area contributed by atoms with Crippen LogP contribution in [-0.2, 0) is 0 Å². The zero-order valence-corrected chi connectivity index (χ0v) is 13.9. The standard InChI is InChI=1S/C15H14N2OS3/c1-19-10-3-2-9-6-12(20-11(9)7-10)14-13(8-18)21-15-16-4-5-17(14)15/h2-3,6-7,18H,4-5,8H2,1H3. The number of aliphatic hydroxyl groups excluding tert-OH is 1. The van der Waals surface area contributed by atoms with Crippen molar-refractivity contribution in [1.29, 1.82) is 0 Å². The van der Waals surface area contributed by atoms with Crippen LogP contribution in [0.25, 0.3) is 15.8 Å². The van der Waals surface area contributed by atoms with E-state index >= 15 is 0 Å². The van der Waals surface area contributed by atoms with Gasteiger partial charge in [-0.1, -0.05) is 17.8 Å². The van der Waals surface area contributed by atoms with Crippen molar-refractivity contribution < 1.29 is 5.11 Å². The summed E-state index contributed by atoms with van der Waals surface area (Å²) in [6, 6.07) is 8.82. The highest BCUT2D eigenvalue weighted by Gasteiger charge is 2.33. The molecule has 0 radical (unpaired) electrons. The van der Waals surface area contributed by atoms with Crippen LogP contribution in [0.5, 0.6) is 0 Å². The first-order valence-corrected chi connectivity index (χ1v) is 9.58. The van der Waals surface area contributed by atoms with Crippen LogP contribution in [0, 0.1) is 0 Å². The number of hydrogen-bond acceptors (Lipinski definition) is 6. The molecule has 2 aliphatic rings. The summed E-state index contributed by atoms with van der Waals surface area (Å²) in [6.07, 6.45) is 2.10. The Hall–Kier alpha value is -0.950. The molecule has 0 spiro atoms. The quantitative estimate of drug-likeness (QED) is 0.868. The third-order valence-corrected chi connectivity index (χ3v) is 6.59. The monoisotopic (exact) mass is 334 g/mol. The van der Waals surface area contributed by atoms with Crippen molar-refractivity contribution in [3.63, 3.8) is 0 Å². The van der Waals surface area contributed by atoms with E-state index < -0.39 is 0 Å². The van der Waals surface area contributed by atoms with Gasteiger partial charge in [0, 0.05) is 21.0 Å². The van der Waals surface area contributed by atoms with Crippen LogP contribution in [0.1, 0.15) is 4.88 Å². The van der Waals surface area contributed by atoms with E-state index in [1.165, 1.54) is 19.9 Å². The van der Waals surface area contributed by atoms with Crippen LogP contribution in [0.15, 0.2) is 39.1 Å². The van der Waals surface area contributed by atoms with Gasteiger partial charge in [0.2, 0.25) is 0 Å². The Morgan fingerprint density at radius 2 is 2.29 bits per heavy atom. The number of aliphatic hydroxyl groups is 1. The van der Waals surface area contributed by atoms with Crippen molar-refractivity contribution in [3.05, 3.63) is 34.0 Å². The number of thiophene rings is 1. The molecular weight excluding hydrogens is 320 g/mol. The minimum absolute atomic E-state index is 0.0832. The third-order valence-electron chi connectivity index (χ3n) is 3.65. The Labute approximate surface area is 135 Å². The molecule has 0 amide bonds. The molecule has 0 aliphatic carbocycles. The van der Waals surface area contributed by atoms with Crippen LogP contribution in [0.4, 0.5) is 0 Å². The number of rotatable bonds is 3. The van der Waals surface area contributed by atoms with Crippen LogP contribution in [-0.4, -0.2) is 41.1 Å². The fourth-order valence-corrected chi connectivity index (χ4v) is 5.48. The normalized spacial score (nSPS) is 17.8. The van der Waals surface area contributed by atoms with Gasteiger partial charge in [-0.15, -0.1) is 23.1 Å². The fourth-order valence-electron chi connectivity index (χ4n) is 2.66. The molecule has 0 unspecified atom stereocenters. The Bertz CT molecular complexity index is 778.